The second-order valence-electron chi connectivity index (χ2n) is 19.5. The summed E-state index contributed by atoms with van der Waals surface area (Å²) in [6, 6.07) is 88.7. The number of benzene rings is 12. The lowest BCUT2D eigenvalue weighted by Gasteiger charge is -2.16. The molecule has 16 rings (SSSR count). The fourth-order valence-electron chi connectivity index (χ4n) is 11.8. The maximum Gasteiger partial charge on any atom is 0.166 e. The SMILES string of the molecule is c1ccc(-c2ccc(-c3nc(-c4ccc5c(c4)c4ccccc4n5-c4ccccc4)nc(-c4c(-n5c6cc7ccccc7cc6c6c7ccccc7ccc65)ccc5oc6cc7ccccc7cc6c45)n3)cc2)cc1. The first kappa shape index (κ1) is 41.4. The first-order chi connectivity index (χ1) is 37.2. The van der Waals surface area contributed by atoms with Crippen molar-refractivity contribution < 1.29 is 4.42 Å². The first-order valence-corrected chi connectivity index (χ1v) is 25.4. The van der Waals surface area contributed by atoms with Crippen molar-refractivity contribution in [2.24, 2.45) is 0 Å². The zero-order valence-corrected chi connectivity index (χ0v) is 40.3. The van der Waals surface area contributed by atoms with Crippen molar-refractivity contribution in [2.75, 3.05) is 0 Å². The van der Waals surface area contributed by atoms with E-state index in [2.05, 4.69) is 252 Å². The van der Waals surface area contributed by atoms with Crippen LogP contribution in [0.4, 0.5) is 0 Å². The molecule has 0 atom stereocenters. The van der Waals surface area contributed by atoms with Gasteiger partial charge in [0.2, 0.25) is 0 Å². The fraction of sp³-hybridized carbons (Fsp3) is 0. The summed E-state index contributed by atoms with van der Waals surface area (Å²) in [6.45, 7) is 0. The van der Waals surface area contributed by atoms with E-state index < -0.39 is 0 Å². The molecule has 0 aliphatic heterocycles. The summed E-state index contributed by atoms with van der Waals surface area (Å²) in [4.78, 5) is 16.7. The average Bonchev–Trinajstić information content (AvgIpc) is 4.15. The van der Waals surface area contributed by atoms with E-state index >= 15 is 0 Å². The Kier molecular flexibility index (Phi) is 8.94. The zero-order valence-electron chi connectivity index (χ0n) is 40.3. The van der Waals surface area contributed by atoms with Crippen molar-refractivity contribution >= 4 is 97.9 Å². The average molecular weight is 956 g/mol. The molecule has 0 N–H and O–H groups in total. The van der Waals surface area contributed by atoms with Crippen LogP contribution in [0.25, 0.3) is 155 Å². The molecule has 0 saturated heterocycles. The normalized spacial score (nSPS) is 12.0. The maximum atomic E-state index is 6.92. The quantitative estimate of drug-likeness (QED) is 0.167. The summed E-state index contributed by atoms with van der Waals surface area (Å²) in [5.74, 6) is 1.69. The first-order valence-electron chi connectivity index (χ1n) is 25.4. The highest BCUT2D eigenvalue weighted by atomic mass is 16.3. The number of rotatable bonds is 6. The highest BCUT2D eigenvalue weighted by Crippen LogP contribution is 2.46. The molecule has 0 aliphatic carbocycles. The lowest BCUT2D eigenvalue weighted by molar-refractivity contribution is 0.669. The van der Waals surface area contributed by atoms with E-state index in [9.17, 15) is 0 Å². The van der Waals surface area contributed by atoms with E-state index in [1.54, 1.807) is 0 Å². The minimum atomic E-state index is 0.544. The minimum Gasteiger partial charge on any atom is -0.456 e. The van der Waals surface area contributed by atoms with Crippen molar-refractivity contribution in [3.63, 3.8) is 0 Å². The van der Waals surface area contributed by atoms with E-state index in [0.29, 0.717) is 17.5 Å². The van der Waals surface area contributed by atoms with Crippen molar-refractivity contribution in [1.29, 1.82) is 0 Å². The third-order valence-corrected chi connectivity index (χ3v) is 15.3. The van der Waals surface area contributed by atoms with Crippen LogP contribution in [0.15, 0.2) is 253 Å². The van der Waals surface area contributed by atoms with Crippen LogP contribution in [-0.4, -0.2) is 24.1 Å². The van der Waals surface area contributed by atoms with Crippen molar-refractivity contribution in [2.45, 2.75) is 0 Å². The Morgan fingerprint density at radius 1 is 0.280 bits per heavy atom. The van der Waals surface area contributed by atoms with Gasteiger partial charge in [-0.2, -0.15) is 0 Å². The van der Waals surface area contributed by atoms with Crippen LogP contribution in [-0.2, 0) is 0 Å². The molecule has 16 aromatic rings. The summed E-state index contributed by atoms with van der Waals surface area (Å²) in [5.41, 5.74) is 12.9. The van der Waals surface area contributed by atoms with Gasteiger partial charge in [0.25, 0.3) is 0 Å². The van der Waals surface area contributed by atoms with Gasteiger partial charge in [0.05, 0.1) is 33.3 Å². The van der Waals surface area contributed by atoms with Gasteiger partial charge in [0, 0.05) is 49.1 Å². The van der Waals surface area contributed by atoms with Crippen LogP contribution in [0.2, 0.25) is 0 Å². The third-order valence-electron chi connectivity index (χ3n) is 15.3. The second kappa shape index (κ2) is 16.2. The van der Waals surface area contributed by atoms with Crippen molar-refractivity contribution in [1.82, 2.24) is 24.1 Å². The zero-order chi connectivity index (χ0) is 49.1. The smallest absolute Gasteiger partial charge is 0.166 e. The van der Waals surface area contributed by atoms with Gasteiger partial charge in [-0.05, 0) is 122 Å². The van der Waals surface area contributed by atoms with E-state index in [-0.39, 0.29) is 0 Å². The van der Waals surface area contributed by atoms with E-state index in [1.165, 1.54) is 26.9 Å². The molecule has 0 aliphatic rings. The number of aromatic nitrogens is 5. The number of para-hydroxylation sites is 2. The van der Waals surface area contributed by atoms with Gasteiger partial charge in [0.1, 0.15) is 11.2 Å². The molecule has 348 valence electrons. The molecule has 0 fully saturated rings. The molecule has 12 aromatic carbocycles. The Hall–Kier alpha value is -10.2. The Balaban J connectivity index is 1.03. The van der Waals surface area contributed by atoms with Gasteiger partial charge < -0.3 is 13.6 Å². The molecular weight excluding hydrogens is 915 g/mol. The summed E-state index contributed by atoms with van der Waals surface area (Å²) in [7, 11) is 0. The van der Waals surface area contributed by atoms with E-state index in [4.69, 9.17) is 19.4 Å². The van der Waals surface area contributed by atoms with Crippen molar-refractivity contribution in [3.8, 4) is 56.7 Å². The maximum absolute atomic E-state index is 6.92. The highest BCUT2D eigenvalue weighted by molar-refractivity contribution is 6.24. The molecule has 6 heteroatoms. The topological polar surface area (TPSA) is 61.7 Å². The molecule has 4 heterocycles. The van der Waals surface area contributed by atoms with Crippen LogP contribution in [0, 0.1) is 0 Å². The third kappa shape index (κ3) is 6.43. The van der Waals surface area contributed by atoms with Crippen LogP contribution in [0.1, 0.15) is 0 Å². The Morgan fingerprint density at radius 3 is 1.61 bits per heavy atom. The molecule has 6 nitrogen and oxygen atoms in total. The monoisotopic (exact) mass is 955 g/mol. The summed E-state index contributed by atoms with van der Waals surface area (Å²) >= 11 is 0. The molecule has 0 spiro atoms. The molecule has 0 unspecified atom stereocenters. The number of hydrogen-bond donors (Lipinski definition) is 0. The Morgan fingerprint density at radius 2 is 0.840 bits per heavy atom. The standard InChI is InChI=1S/C69H41N5O/c1-3-15-42(16-4-1)43-27-29-45(30-28-43)67-70-68(50-32-33-58-54(39-50)53-25-13-14-26-57(53)73(58)51-22-5-2-6-23-51)72-69(71-67)66-60(35-36-62-65(66)56-38-47-19-8-10-21-49(47)41-63(56)75-62)74-59-34-31-44-17-11-12-24-52(44)64(59)55-37-46-18-7-9-20-48(46)40-61(55)74/h1-41H. The lowest BCUT2D eigenvalue weighted by Crippen LogP contribution is -2.04. The van der Waals surface area contributed by atoms with Gasteiger partial charge in [0.15, 0.2) is 17.5 Å². The number of nitrogens with zero attached hydrogens (tertiary/aromatic N) is 5. The van der Waals surface area contributed by atoms with E-state index in [0.717, 1.165) is 110 Å². The predicted octanol–water partition coefficient (Wildman–Crippen LogP) is 18.1. The number of fused-ring (bicyclic) bond motifs is 13. The molecule has 0 amide bonds. The summed E-state index contributed by atoms with van der Waals surface area (Å²) < 4.78 is 11.7. The molecule has 75 heavy (non-hydrogen) atoms. The predicted molar refractivity (Wildman–Crippen MR) is 310 cm³/mol. The minimum absolute atomic E-state index is 0.544. The van der Waals surface area contributed by atoms with E-state index in [1.807, 2.05) is 6.07 Å². The summed E-state index contributed by atoms with van der Waals surface area (Å²) in [6.07, 6.45) is 0. The van der Waals surface area contributed by atoms with Crippen LogP contribution in [0.5, 0.6) is 0 Å². The van der Waals surface area contributed by atoms with Gasteiger partial charge >= 0.3 is 0 Å². The lowest BCUT2D eigenvalue weighted by atomic mass is 10.00. The Labute approximate surface area is 429 Å². The molecule has 0 saturated carbocycles. The van der Waals surface area contributed by atoms with Crippen LogP contribution >= 0.6 is 0 Å². The molecule has 0 radical (unpaired) electrons. The molecular formula is C69H41N5O. The largest absolute Gasteiger partial charge is 0.456 e. The second-order valence-corrected chi connectivity index (χ2v) is 19.5. The number of hydrogen-bond acceptors (Lipinski definition) is 4. The summed E-state index contributed by atoms with van der Waals surface area (Å²) in [5, 5.41) is 13.5. The Bertz CT molecular complexity index is 4990. The van der Waals surface area contributed by atoms with Crippen LogP contribution in [0.3, 0.4) is 0 Å². The molecule has 4 aromatic heterocycles. The number of furan rings is 1. The fourth-order valence-corrected chi connectivity index (χ4v) is 11.8. The van der Waals surface area contributed by atoms with Gasteiger partial charge in [-0.15, -0.1) is 0 Å². The highest BCUT2D eigenvalue weighted by Gasteiger charge is 2.26. The molecule has 0 bridgehead atoms. The van der Waals surface area contributed by atoms with Gasteiger partial charge in [-0.3, -0.25) is 0 Å². The van der Waals surface area contributed by atoms with Gasteiger partial charge in [-0.25, -0.2) is 15.0 Å². The van der Waals surface area contributed by atoms with Gasteiger partial charge in [-0.1, -0.05) is 170 Å². The van der Waals surface area contributed by atoms with Crippen LogP contribution < -0.4 is 0 Å². The van der Waals surface area contributed by atoms with Crippen molar-refractivity contribution in [3.05, 3.63) is 249 Å².